The zero-order chi connectivity index (χ0) is 22.8. The number of nitrogens with one attached hydrogen (secondary N) is 1. The van der Waals surface area contributed by atoms with Gasteiger partial charge in [-0.15, -0.1) is 0 Å². The molecule has 0 spiro atoms. The molecule has 1 N–H and O–H groups in total. The van der Waals surface area contributed by atoms with Crippen LogP contribution in [0.5, 0.6) is 0 Å². The van der Waals surface area contributed by atoms with Gasteiger partial charge in [0.1, 0.15) is 5.82 Å². The summed E-state index contributed by atoms with van der Waals surface area (Å²) < 4.78 is 13.4. The fourth-order valence-corrected chi connectivity index (χ4v) is 5.47. The molecule has 1 aromatic heterocycles. The van der Waals surface area contributed by atoms with E-state index >= 15 is 0 Å². The zero-order valence-corrected chi connectivity index (χ0v) is 18.9. The number of likely N-dealkylation sites (tertiary alicyclic amines) is 1. The molecule has 3 amide bonds. The third kappa shape index (κ3) is 5.02. The molecule has 1 aromatic carbocycles. The van der Waals surface area contributed by atoms with Crippen molar-refractivity contribution < 1.29 is 14.0 Å². The molecule has 2 aliphatic heterocycles. The van der Waals surface area contributed by atoms with Gasteiger partial charge >= 0.3 is 6.03 Å². The van der Waals surface area contributed by atoms with Crippen LogP contribution in [0.15, 0.2) is 36.5 Å². The summed E-state index contributed by atoms with van der Waals surface area (Å²) in [4.78, 5) is 33.0. The molecule has 33 heavy (non-hydrogen) atoms. The number of anilines is 1. The van der Waals surface area contributed by atoms with Gasteiger partial charge in [0.2, 0.25) is 5.91 Å². The number of benzene rings is 1. The summed E-state index contributed by atoms with van der Waals surface area (Å²) >= 11 is 0. The summed E-state index contributed by atoms with van der Waals surface area (Å²) in [6.07, 6.45) is 8.87. The van der Waals surface area contributed by atoms with Gasteiger partial charge in [-0.25, -0.2) is 9.18 Å². The highest BCUT2D eigenvalue weighted by atomic mass is 19.1. The number of carbonyl (C=O) groups excluding carboxylic acids is 2. The average molecular weight is 451 g/mol. The first kappa shape index (κ1) is 21.9. The summed E-state index contributed by atoms with van der Waals surface area (Å²) in [5.41, 5.74) is 3.50. The second kappa shape index (κ2) is 9.49. The molecule has 0 unspecified atom stereocenters. The number of urea groups is 1. The Bertz CT molecular complexity index is 1010. The Morgan fingerprint density at radius 2 is 1.73 bits per heavy atom. The predicted molar refractivity (Wildman–Crippen MR) is 124 cm³/mol. The maximum Gasteiger partial charge on any atom is 0.322 e. The number of hydrogen-bond donors (Lipinski definition) is 1. The Labute approximate surface area is 194 Å². The van der Waals surface area contributed by atoms with Crippen molar-refractivity contribution in [2.24, 2.45) is 5.92 Å². The fourth-order valence-electron chi connectivity index (χ4n) is 5.47. The van der Waals surface area contributed by atoms with Crippen LogP contribution >= 0.6 is 0 Å². The molecule has 2 aromatic rings. The minimum absolute atomic E-state index is 0.213. The number of halogens is 1. The van der Waals surface area contributed by atoms with Crippen LogP contribution in [-0.2, 0) is 17.9 Å². The van der Waals surface area contributed by atoms with Gasteiger partial charge in [0.25, 0.3) is 0 Å². The fraction of sp³-hybridized carbons (Fsp3) is 0.500. The van der Waals surface area contributed by atoms with E-state index in [1.165, 1.54) is 43.5 Å². The minimum Gasteiger partial charge on any atom is -0.343 e. The van der Waals surface area contributed by atoms with Crippen LogP contribution in [0.3, 0.4) is 0 Å². The van der Waals surface area contributed by atoms with Crippen molar-refractivity contribution >= 4 is 17.6 Å². The van der Waals surface area contributed by atoms with E-state index in [0.29, 0.717) is 30.8 Å². The first-order chi connectivity index (χ1) is 16.0. The van der Waals surface area contributed by atoms with E-state index in [9.17, 15) is 14.0 Å². The van der Waals surface area contributed by atoms with Gasteiger partial charge in [-0.1, -0.05) is 25.0 Å². The molecular weight excluding hydrogens is 419 g/mol. The lowest BCUT2D eigenvalue weighted by molar-refractivity contribution is -0.133. The summed E-state index contributed by atoms with van der Waals surface area (Å²) in [5, 5.41) is 2.93. The van der Waals surface area contributed by atoms with Crippen LogP contribution in [0.25, 0.3) is 0 Å². The van der Waals surface area contributed by atoms with Crippen molar-refractivity contribution in [3.63, 3.8) is 0 Å². The van der Waals surface area contributed by atoms with Gasteiger partial charge in [0, 0.05) is 31.7 Å². The van der Waals surface area contributed by atoms with E-state index < -0.39 is 0 Å². The lowest BCUT2D eigenvalue weighted by atomic mass is 9.89. The summed E-state index contributed by atoms with van der Waals surface area (Å²) in [5.74, 6) is 1.00. The zero-order valence-electron chi connectivity index (χ0n) is 18.9. The van der Waals surface area contributed by atoms with E-state index in [1.807, 2.05) is 12.1 Å². The minimum atomic E-state index is -0.379. The topological polar surface area (TPSA) is 65.5 Å². The number of hydrogen-bond acceptors (Lipinski definition) is 3. The Morgan fingerprint density at radius 1 is 1.00 bits per heavy atom. The molecule has 7 heteroatoms. The van der Waals surface area contributed by atoms with Crippen LogP contribution in [0.2, 0.25) is 0 Å². The Morgan fingerprint density at radius 3 is 2.45 bits per heavy atom. The number of nitrogens with zero attached hydrogens (tertiary/aromatic N) is 3. The smallest absolute Gasteiger partial charge is 0.322 e. The van der Waals surface area contributed by atoms with Gasteiger partial charge in [-0.05, 0) is 66.8 Å². The second-order valence-corrected chi connectivity index (χ2v) is 9.68. The normalized spacial score (nSPS) is 19.1. The summed E-state index contributed by atoms with van der Waals surface area (Å²) in [6, 6.07) is 9.25. The van der Waals surface area contributed by atoms with Crippen molar-refractivity contribution in [3.05, 3.63) is 59.2 Å². The Hall–Kier alpha value is -2.96. The molecule has 0 radical (unpaired) electrons. The molecule has 3 aliphatic rings. The highest BCUT2D eigenvalue weighted by molar-refractivity contribution is 5.89. The molecule has 1 aliphatic carbocycles. The van der Waals surface area contributed by atoms with Crippen LogP contribution in [0.4, 0.5) is 14.9 Å². The summed E-state index contributed by atoms with van der Waals surface area (Å²) in [6.45, 7) is 2.41. The molecular formula is C26H31FN4O2. The molecule has 174 valence electrons. The quantitative estimate of drug-likeness (QED) is 0.709. The molecule has 1 saturated heterocycles. The molecule has 3 heterocycles. The first-order valence-electron chi connectivity index (χ1n) is 12.1. The van der Waals surface area contributed by atoms with Crippen molar-refractivity contribution in [2.75, 3.05) is 18.4 Å². The summed E-state index contributed by atoms with van der Waals surface area (Å²) in [7, 11) is 0. The molecule has 6 nitrogen and oxygen atoms in total. The number of carbonyl (C=O) groups is 2. The van der Waals surface area contributed by atoms with Crippen LogP contribution in [-0.4, -0.2) is 39.8 Å². The van der Waals surface area contributed by atoms with Gasteiger partial charge in [-0.2, -0.15) is 0 Å². The monoisotopic (exact) mass is 450 g/mol. The maximum absolute atomic E-state index is 13.4. The van der Waals surface area contributed by atoms with Gasteiger partial charge in [0.15, 0.2) is 0 Å². The third-order valence-corrected chi connectivity index (χ3v) is 7.43. The lowest BCUT2D eigenvalue weighted by Crippen LogP contribution is -2.38. The second-order valence-electron chi connectivity index (χ2n) is 9.68. The molecule has 0 atom stereocenters. The van der Waals surface area contributed by atoms with Gasteiger partial charge < -0.3 is 15.1 Å². The number of fused-ring (bicyclic) bond motifs is 1. The first-order valence-corrected chi connectivity index (χ1v) is 12.1. The lowest BCUT2D eigenvalue weighted by Gasteiger charge is -2.33. The van der Waals surface area contributed by atoms with Crippen molar-refractivity contribution in [3.8, 4) is 0 Å². The van der Waals surface area contributed by atoms with Crippen molar-refractivity contribution in [1.29, 1.82) is 0 Å². The number of rotatable bonds is 4. The standard InChI is InChI=1S/C26H31FN4O2/c27-22-14-21-16-31(17-24(21)28-15-22)26(33)29-23-7-5-19(6-8-23)20-9-11-30(12-10-20)25(32)13-18-3-1-2-4-18/h5-8,14-15,18,20H,1-4,9-13,16-17H2,(H,29,33). The highest BCUT2D eigenvalue weighted by Crippen LogP contribution is 2.32. The largest absolute Gasteiger partial charge is 0.343 e. The van der Waals surface area contributed by atoms with Gasteiger partial charge in [0.05, 0.1) is 18.4 Å². The maximum atomic E-state index is 13.4. The van der Waals surface area contributed by atoms with Gasteiger partial charge in [-0.3, -0.25) is 9.78 Å². The van der Waals surface area contributed by atoms with Crippen LogP contribution in [0, 0.1) is 11.7 Å². The SMILES string of the molecule is O=C(CC1CCCC1)N1CCC(c2ccc(NC(=O)N3Cc4cc(F)cnc4C3)cc2)CC1. The van der Waals surface area contributed by atoms with E-state index in [-0.39, 0.29) is 11.8 Å². The van der Waals surface area contributed by atoms with E-state index in [0.717, 1.165) is 49.3 Å². The van der Waals surface area contributed by atoms with Crippen molar-refractivity contribution in [1.82, 2.24) is 14.8 Å². The number of pyridine rings is 1. The van der Waals surface area contributed by atoms with E-state index in [1.54, 1.807) is 4.90 Å². The molecule has 5 rings (SSSR count). The van der Waals surface area contributed by atoms with E-state index in [4.69, 9.17) is 0 Å². The number of amides is 3. The number of aromatic nitrogens is 1. The van der Waals surface area contributed by atoms with Crippen LogP contribution in [0.1, 0.15) is 67.7 Å². The molecule has 1 saturated carbocycles. The molecule has 2 fully saturated rings. The van der Waals surface area contributed by atoms with Crippen molar-refractivity contribution in [2.45, 2.75) is 64.0 Å². The van der Waals surface area contributed by atoms with E-state index in [2.05, 4.69) is 27.3 Å². The Kier molecular flexibility index (Phi) is 6.29. The number of piperidine rings is 1. The molecule has 0 bridgehead atoms. The van der Waals surface area contributed by atoms with Crippen LogP contribution < -0.4 is 5.32 Å². The average Bonchev–Trinajstić information content (AvgIpc) is 3.49. The Balaban J connectivity index is 1.11. The highest BCUT2D eigenvalue weighted by Gasteiger charge is 2.27. The third-order valence-electron chi connectivity index (χ3n) is 7.43. The predicted octanol–water partition coefficient (Wildman–Crippen LogP) is 5.05.